The number of rotatable bonds is 50. The van der Waals surface area contributed by atoms with Gasteiger partial charge in [-0.05, 0) is 88.2 Å². The van der Waals surface area contributed by atoms with E-state index < -0.39 is 248 Å². The van der Waals surface area contributed by atoms with E-state index in [9.17, 15) is 101 Å². The van der Waals surface area contributed by atoms with Crippen molar-refractivity contribution >= 4 is 112 Å². The lowest BCUT2D eigenvalue weighted by Gasteiger charge is -2.27. The Morgan fingerprint density at radius 3 is 1.04 bits per heavy atom. The number of aliphatic hydroxyl groups excluding tert-OH is 2. The molecule has 0 saturated carbocycles. The molecule has 0 spiro atoms. The fourth-order valence-corrected chi connectivity index (χ4v) is 11.2. The van der Waals surface area contributed by atoms with Gasteiger partial charge in [-0.15, -0.1) is 0 Å². The van der Waals surface area contributed by atoms with E-state index in [4.69, 9.17) is 22.9 Å². The van der Waals surface area contributed by atoms with Gasteiger partial charge < -0.3 is 113 Å². The first kappa shape index (κ1) is 98.4. The number of benzene rings is 2. The molecule has 15 atom stereocenters. The molecule has 2 rings (SSSR count). The van der Waals surface area contributed by atoms with Crippen molar-refractivity contribution in [1.82, 2.24) is 79.8 Å². The molecule has 25 N–H and O–H groups in total. The molecule has 0 heterocycles. The van der Waals surface area contributed by atoms with Crippen molar-refractivity contribution in [3.8, 4) is 0 Å². The van der Waals surface area contributed by atoms with E-state index in [-0.39, 0.29) is 49.9 Å². The maximum absolute atomic E-state index is 14.3. The maximum atomic E-state index is 14.3. The quantitative estimate of drug-likeness (QED) is 0.0293. The number of hydrogen-bond donors (Lipinski definition) is 21. The number of amides is 19. The van der Waals surface area contributed by atoms with Gasteiger partial charge in [0.25, 0.3) is 0 Å². The first-order chi connectivity index (χ1) is 53.2. The van der Waals surface area contributed by atoms with Gasteiger partial charge in [0, 0.05) is 26.2 Å². The number of aliphatic hydroxyl groups is 2. The molecule has 2 aromatic rings. The lowest BCUT2D eigenvalue weighted by molar-refractivity contribution is -0.137. The summed E-state index contributed by atoms with van der Waals surface area (Å²) in [6.45, 7) is 17.5. The monoisotopic (exact) mass is 1610 g/mol. The number of nitrogens with one attached hydrogen (secondary N) is 15. The molecule has 0 saturated heterocycles. The summed E-state index contributed by atoms with van der Waals surface area (Å²) in [6, 6.07) is -4.81. The predicted octanol–water partition coefficient (Wildman–Crippen LogP) is -6.88. The van der Waals surface area contributed by atoms with Gasteiger partial charge in [-0.2, -0.15) is 0 Å². The fourth-order valence-electron chi connectivity index (χ4n) is 11.2. The van der Waals surface area contributed by atoms with Gasteiger partial charge in [0.15, 0.2) is 0 Å². The summed E-state index contributed by atoms with van der Waals surface area (Å²) in [5, 5.41) is 56.7. The summed E-state index contributed by atoms with van der Waals surface area (Å²) < 4.78 is 0. The average molecular weight is 1610 g/mol. The second-order valence-electron chi connectivity index (χ2n) is 29.4. The molecule has 0 aliphatic heterocycles. The van der Waals surface area contributed by atoms with Crippen LogP contribution in [0.4, 0.5) is 0 Å². The van der Waals surface area contributed by atoms with Gasteiger partial charge in [0.2, 0.25) is 112 Å². The normalized spacial score (nSPS) is 15.1. The third-order valence-electron chi connectivity index (χ3n) is 17.1. The zero-order valence-electron chi connectivity index (χ0n) is 66.5. The molecule has 0 bridgehead atoms. The Bertz CT molecular complexity index is 3700. The predicted molar refractivity (Wildman–Crippen MR) is 410 cm³/mol. The number of nitrogens with two attached hydrogens (primary N) is 4. The second-order valence-corrected chi connectivity index (χ2v) is 29.4. The molecule has 15 unspecified atom stereocenters. The van der Waals surface area contributed by atoms with Crippen LogP contribution >= 0.6 is 0 Å². The van der Waals surface area contributed by atoms with Crippen molar-refractivity contribution in [2.45, 2.75) is 238 Å². The van der Waals surface area contributed by atoms with Crippen LogP contribution in [0, 0.1) is 23.7 Å². The Balaban J connectivity index is 2.30. The van der Waals surface area contributed by atoms with Crippen molar-refractivity contribution in [3.63, 3.8) is 0 Å². The number of carbonyl (C=O) groups is 19. The average Bonchev–Trinajstić information content (AvgIpc) is 0.858. The van der Waals surface area contributed by atoms with Gasteiger partial charge in [-0.1, -0.05) is 116 Å². The SMILES string of the molecule is CC(=O)NC(CC(C)C)C(=O)NC(Cc1ccccc1)C(=O)NC(CCC(N)=O)C(=O)NC(C)C(=O)NC(Cc1ccccc1)C(=O)NC(CC(N)=O)C(=O)NC(C)C(=O)NC(CO)C(=O)NC(CC(C)C)C(=O)NC(C)C(=O)NC(CC(C)C)C(=O)NC(CC(N)=O)C(=O)NCC(=O)NC(C(=O)NC(C(N)=O)C(C)C)C(C)O. The van der Waals surface area contributed by atoms with Crippen LogP contribution in [0.1, 0.15) is 146 Å². The second kappa shape index (κ2) is 48.9. The smallest absolute Gasteiger partial charge is 0.245 e. The molecule has 114 heavy (non-hydrogen) atoms. The molecule has 19 amide bonds. The highest BCUT2D eigenvalue weighted by Gasteiger charge is 2.38. The first-order valence-corrected chi connectivity index (χ1v) is 37.2. The minimum atomic E-state index is -1.86. The molecule has 0 radical (unpaired) electrons. The van der Waals surface area contributed by atoms with Crippen molar-refractivity contribution in [1.29, 1.82) is 0 Å². The van der Waals surface area contributed by atoms with Crippen molar-refractivity contribution in [2.24, 2.45) is 46.6 Å². The topological polar surface area (TPSA) is 649 Å². The van der Waals surface area contributed by atoms with E-state index >= 15 is 0 Å². The van der Waals surface area contributed by atoms with Crippen LogP contribution in [0.5, 0.6) is 0 Å². The third kappa shape index (κ3) is 36.6. The summed E-state index contributed by atoms with van der Waals surface area (Å²) in [7, 11) is 0. The maximum Gasteiger partial charge on any atom is 0.245 e. The minimum Gasteiger partial charge on any atom is -0.394 e. The van der Waals surface area contributed by atoms with Crippen LogP contribution in [0.15, 0.2) is 60.7 Å². The molecule has 0 aliphatic rings. The molecule has 0 aromatic heterocycles. The van der Waals surface area contributed by atoms with Crippen LogP contribution in [0.2, 0.25) is 0 Å². The fraction of sp³-hybridized carbons (Fsp3) is 0.581. The zero-order valence-corrected chi connectivity index (χ0v) is 66.5. The van der Waals surface area contributed by atoms with Crippen LogP contribution in [0.3, 0.4) is 0 Å². The molecule has 40 heteroatoms. The molecule has 2 aromatic carbocycles. The van der Waals surface area contributed by atoms with Crippen LogP contribution in [-0.4, -0.2) is 226 Å². The van der Waals surface area contributed by atoms with Crippen LogP contribution in [-0.2, 0) is 104 Å². The molecule has 0 aliphatic carbocycles. The largest absolute Gasteiger partial charge is 0.394 e. The Labute approximate surface area is 660 Å². The summed E-state index contributed by atoms with van der Waals surface area (Å²) in [6.07, 6.45) is -4.44. The number of carbonyl (C=O) groups excluding carboxylic acids is 19. The molecular weight excluding hydrogens is 1490 g/mol. The van der Waals surface area contributed by atoms with Gasteiger partial charge in [-0.3, -0.25) is 91.1 Å². The lowest BCUT2D eigenvalue weighted by Crippen LogP contribution is -2.61. The van der Waals surface area contributed by atoms with E-state index in [1.54, 1.807) is 102 Å². The van der Waals surface area contributed by atoms with Gasteiger partial charge in [0.05, 0.1) is 32.1 Å². The van der Waals surface area contributed by atoms with Gasteiger partial charge in [0.1, 0.15) is 84.6 Å². The van der Waals surface area contributed by atoms with E-state index in [1.807, 2.05) is 13.8 Å². The van der Waals surface area contributed by atoms with Crippen LogP contribution in [0.25, 0.3) is 0 Å². The Hall–Kier alpha value is -11.7. The lowest BCUT2D eigenvalue weighted by atomic mass is 10.0. The van der Waals surface area contributed by atoms with Crippen LogP contribution < -0.4 is 103 Å². The van der Waals surface area contributed by atoms with E-state index in [0.717, 1.165) is 6.92 Å². The van der Waals surface area contributed by atoms with Crippen molar-refractivity contribution in [2.75, 3.05) is 13.2 Å². The van der Waals surface area contributed by atoms with E-state index in [0.29, 0.717) is 11.1 Å². The highest BCUT2D eigenvalue weighted by Crippen LogP contribution is 2.14. The van der Waals surface area contributed by atoms with Crippen molar-refractivity contribution < 1.29 is 101 Å². The Kier molecular flexibility index (Phi) is 42.2. The van der Waals surface area contributed by atoms with Gasteiger partial charge >= 0.3 is 0 Å². The zero-order chi connectivity index (χ0) is 86.5. The highest BCUT2D eigenvalue weighted by molar-refractivity contribution is 6.01. The molecule has 632 valence electrons. The summed E-state index contributed by atoms with van der Waals surface area (Å²) >= 11 is 0. The molecule has 40 nitrogen and oxygen atoms in total. The third-order valence-corrected chi connectivity index (χ3v) is 17.1. The summed E-state index contributed by atoms with van der Waals surface area (Å²) in [5.41, 5.74) is 22.8. The minimum absolute atomic E-state index is 0.0692. The number of hydrogen-bond acceptors (Lipinski definition) is 21. The summed E-state index contributed by atoms with van der Waals surface area (Å²) in [5.74, 6) is -20.0. The van der Waals surface area contributed by atoms with E-state index in [1.165, 1.54) is 27.7 Å². The standard InChI is InChI=1S/C74H115N19O21/c1-35(2)26-47(83-43(13)96)69(109)88-51(30-45-22-18-15-19-23-45)71(111)84-46(24-25-55(75)97)66(106)80-39(9)63(103)86-50(29-44-20-16-14-17-21-44)72(112)90-53(32-57(77)99)68(108)82-41(11)64(104)91-54(34-94)73(113)87-48(27-36(3)4)67(107)81-40(10)62(102)85-49(28-37(5)6)70(110)89-52(31-56(76)98)65(105)79-33-58(100)92-60(42(12)95)74(114)93-59(38(7)8)61(78)101/h14-23,35-42,46-54,59-60,94-95H,24-34H2,1-13H3,(H2,75,97)(H2,76,98)(H2,77,99)(H2,78,101)(H,79,105)(H,80,106)(H,81,107)(H,82,108)(H,83,96)(H,84,111)(H,85,102)(H,86,103)(H,87,113)(H,88,109)(H,89,110)(H,90,112)(H,91,104)(H,92,100)(H,93,114). The first-order valence-electron chi connectivity index (χ1n) is 37.2. The Morgan fingerprint density at radius 1 is 0.342 bits per heavy atom. The molecule has 0 fully saturated rings. The van der Waals surface area contributed by atoms with Gasteiger partial charge in [-0.25, -0.2) is 0 Å². The summed E-state index contributed by atoms with van der Waals surface area (Å²) in [4.78, 5) is 253. The number of primary amides is 4. The Morgan fingerprint density at radius 2 is 0.667 bits per heavy atom. The highest BCUT2D eigenvalue weighted by atomic mass is 16.3. The van der Waals surface area contributed by atoms with E-state index in [2.05, 4.69) is 79.8 Å². The molecular formula is C74H115N19O21. The van der Waals surface area contributed by atoms with Crippen molar-refractivity contribution in [3.05, 3.63) is 71.8 Å².